The van der Waals surface area contributed by atoms with Crippen LogP contribution in [0.1, 0.15) is 25.5 Å². The Morgan fingerprint density at radius 2 is 1.83 bits per heavy atom. The third-order valence-electron chi connectivity index (χ3n) is 3.50. The minimum atomic E-state index is -1.58. The van der Waals surface area contributed by atoms with Crippen molar-refractivity contribution in [1.82, 2.24) is 0 Å². The zero-order valence-electron chi connectivity index (χ0n) is 12.1. The summed E-state index contributed by atoms with van der Waals surface area (Å²) in [6, 6.07) is 10.4. The van der Waals surface area contributed by atoms with Gasteiger partial charge in [0.1, 0.15) is 11.7 Å². The fraction of sp³-hybridized carbons (Fsp3) is 0.600. The molecular weight excluding hydrogens is 240 g/mol. The summed E-state index contributed by atoms with van der Waals surface area (Å²) in [7, 11) is -1.58. The second kappa shape index (κ2) is 4.80. The lowest BCUT2D eigenvalue weighted by Crippen LogP contribution is -2.61. The molecule has 1 aliphatic rings. The van der Waals surface area contributed by atoms with Crippen molar-refractivity contribution in [3.05, 3.63) is 35.9 Å². The van der Waals surface area contributed by atoms with Crippen LogP contribution in [0.25, 0.3) is 0 Å². The molecule has 3 heteroatoms. The van der Waals surface area contributed by atoms with E-state index in [0.29, 0.717) is 12.5 Å². The van der Waals surface area contributed by atoms with Gasteiger partial charge in [-0.3, -0.25) is 0 Å². The van der Waals surface area contributed by atoms with Gasteiger partial charge < -0.3 is 9.16 Å². The average molecular weight is 264 g/mol. The smallest absolute Gasteiger partial charge is 0.184 e. The van der Waals surface area contributed by atoms with Crippen molar-refractivity contribution in [2.45, 2.75) is 45.2 Å². The van der Waals surface area contributed by atoms with E-state index in [0.717, 1.165) is 0 Å². The monoisotopic (exact) mass is 264 g/mol. The lowest BCUT2D eigenvalue weighted by molar-refractivity contribution is -0.251. The molecule has 100 valence electrons. The Hall–Kier alpha value is -0.643. The molecule has 1 aliphatic heterocycles. The standard InChI is InChI=1S/C15H24O2Si/c1-12(2)15(17-18(3,4)5)11-16-14(15)13-9-7-6-8-10-13/h6-10,12,14H,11H2,1-5H3/t14-,15+/m1/s1. The van der Waals surface area contributed by atoms with Crippen molar-refractivity contribution in [3.63, 3.8) is 0 Å². The first kappa shape index (κ1) is 13.8. The molecule has 1 saturated heterocycles. The highest BCUT2D eigenvalue weighted by Gasteiger charge is 2.54. The SMILES string of the molecule is CC(C)[C@@]1(O[Si](C)(C)C)CO[C@@H]1c1ccccc1. The van der Waals surface area contributed by atoms with Crippen LogP contribution in [-0.2, 0) is 9.16 Å². The van der Waals surface area contributed by atoms with Crippen LogP contribution >= 0.6 is 0 Å². The van der Waals surface area contributed by atoms with E-state index < -0.39 is 8.32 Å². The second-order valence-electron chi connectivity index (χ2n) is 6.43. The Morgan fingerprint density at radius 3 is 2.22 bits per heavy atom. The summed E-state index contributed by atoms with van der Waals surface area (Å²) < 4.78 is 12.3. The lowest BCUT2D eigenvalue weighted by Gasteiger charge is -2.54. The molecule has 1 aromatic carbocycles. The Balaban J connectivity index is 2.27. The summed E-state index contributed by atoms with van der Waals surface area (Å²) in [5, 5.41) is 0. The van der Waals surface area contributed by atoms with Crippen molar-refractivity contribution in [3.8, 4) is 0 Å². The summed E-state index contributed by atoms with van der Waals surface area (Å²) in [6.45, 7) is 11.9. The molecule has 0 saturated carbocycles. The van der Waals surface area contributed by atoms with E-state index in [1.165, 1.54) is 5.56 Å². The highest BCUT2D eigenvalue weighted by atomic mass is 28.4. The van der Waals surface area contributed by atoms with E-state index in [1.807, 2.05) is 6.07 Å². The molecular formula is C15H24O2Si. The zero-order chi connectivity index (χ0) is 13.4. The predicted molar refractivity (Wildman–Crippen MR) is 77.1 cm³/mol. The lowest BCUT2D eigenvalue weighted by atomic mass is 9.78. The van der Waals surface area contributed by atoms with Crippen LogP contribution in [-0.4, -0.2) is 20.5 Å². The summed E-state index contributed by atoms with van der Waals surface area (Å²) in [5.74, 6) is 0.461. The fourth-order valence-electron chi connectivity index (χ4n) is 2.58. The molecule has 0 spiro atoms. The minimum Gasteiger partial charge on any atom is -0.406 e. The summed E-state index contributed by atoms with van der Waals surface area (Å²) in [5.41, 5.74) is 1.10. The van der Waals surface area contributed by atoms with E-state index in [2.05, 4.69) is 57.8 Å². The first-order chi connectivity index (χ1) is 8.35. The molecule has 1 heterocycles. The van der Waals surface area contributed by atoms with Gasteiger partial charge in [-0.1, -0.05) is 44.2 Å². The summed E-state index contributed by atoms with van der Waals surface area (Å²) in [4.78, 5) is 0. The first-order valence-electron chi connectivity index (χ1n) is 6.72. The van der Waals surface area contributed by atoms with Crippen molar-refractivity contribution < 1.29 is 9.16 Å². The zero-order valence-corrected chi connectivity index (χ0v) is 13.1. The topological polar surface area (TPSA) is 18.5 Å². The highest BCUT2D eigenvalue weighted by Crippen LogP contribution is 2.48. The molecule has 0 bridgehead atoms. The van der Waals surface area contributed by atoms with Gasteiger partial charge in [-0.05, 0) is 31.1 Å². The maximum atomic E-state index is 6.50. The highest BCUT2D eigenvalue weighted by molar-refractivity contribution is 6.69. The van der Waals surface area contributed by atoms with Gasteiger partial charge in [0.2, 0.25) is 0 Å². The quantitative estimate of drug-likeness (QED) is 0.765. The number of hydrogen-bond donors (Lipinski definition) is 0. The number of ether oxygens (including phenoxy) is 1. The Morgan fingerprint density at radius 1 is 1.22 bits per heavy atom. The summed E-state index contributed by atoms with van der Waals surface area (Å²) >= 11 is 0. The molecule has 2 atom stereocenters. The van der Waals surface area contributed by atoms with Gasteiger partial charge in [0.25, 0.3) is 0 Å². The maximum absolute atomic E-state index is 6.50. The molecule has 2 nitrogen and oxygen atoms in total. The third kappa shape index (κ3) is 2.53. The molecule has 0 amide bonds. The van der Waals surface area contributed by atoms with E-state index in [4.69, 9.17) is 9.16 Å². The van der Waals surface area contributed by atoms with E-state index in [9.17, 15) is 0 Å². The Kier molecular flexibility index (Phi) is 3.67. The summed E-state index contributed by atoms with van der Waals surface area (Å²) in [6.07, 6.45) is 0.0884. The van der Waals surface area contributed by atoms with Crippen LogP contribution in [0, 0.1) is 5.92 Å². The van der Waals surface area contributed by atoms with Crippen molar-refractivity contribution in [2.24, 2.45) is 5.92 Å². The van der Waals surface area contributed by atoms with Crippen LogP contribution in [0.3, 0.4) is 0 Å². The van der Waals surface area contributed by atoms with Gasteiger partial charge in [-0.25, -0.2) is 0 Å². The van der Waals surface area contributed by atoms with Gasteiger partial charge in [-0.15, -0.1) is 0 Å². The van der Waals surface area contributed by atoms with E-state index in [-0.39, 0.29) is 11.7 Å². The molecule has 0 aliphatic carbocycles. The molecule has 18 heavy (non-hydrogen) atoms. The second-order valence-corrected chi connectivity index (χ2v) is 10.9. The molecule has 0 radical (unpaired) electrons. The largest absolute Gasteiger partial charge is 0.406 e. The minimum absolute atomic E-state index is 0.0884. The maximum Gasteiger partial charge on any atom is 0.184 e. The first-order valence-corrected chi connectivity index (χ1v) is 10.1. The van der Waals surface area contributed by atoms with Crippen LogP contribution < -0.4 is 0 Å². The molecule has 0 unspecified atom stereocenters. The van der Waals surface area contributed by atoms with Crippen molar-refractivity contribution in [1.29, 1.82) is 0 Å². The van der Waals surface area contributed by atoms with E-state index >= 15 is 0 Å². The molecule has 1 aromatic rings. The van der Waals surface area contributed by atoms with Gasteiger partial charge in [0.15, 0.2) is 8.32 Å². The van der Waals surface area contributed by atoms with Gasteiger partial charge in [0, 0.05) is 0 Å². The van der Waals surface area contributed by atoms with Crippen LogP contribution in [0.4, 0.5) is 0 Å². The Labute approximate surface area is 111 Å². The number of rotatable bonds is 4. The Bertz CT molecular complexity index is 397. The molecule has 0 N–H and O–H groups in total. The van der Waals surface area contributed by atoms with Crippen LogP contribution in [0.15, 0.2) is 30.3 Å². The van der Waals surface area contributed by atoms with Crippen LogP contribution in [0.5, 0.6) is 0 Å². The van der Waals surface area contributed by atoms with E-state index in [1.54, 1.807) is 0 Å². The van der Waals surface area contributed by atoms with Gasteiger partial charge >= 0.3 is 0 Å². The fourth-order valence-corrected chi connectivity index (χ4v) is 4.12. The predicted octanol–water partition coefficient (Wildman–Crippen LogP) is 4.00. The normalized spacial score (nSPS) is 28.2. The number of benzene rings is 1. The number of hydrogen-bond acceptors (Lipinski definition) is 2. The molecule has 2 rings (SSSR count). The van der Waals surface area contributed by atoms with Crippen molar-refractivity contribution in [2.75, 3.05) is 6.61 Å². The molecule has 1 fully saturated rings. The average Bonchev–Trinajstić information content (AvgIpc) is 2.24. The third-order valence-corrected chi connectivity index (χ3v) is 4.49. The van der Waals surface area contributed by atoms with Gasteiger partial charge in [0.05, 0.1) is 6.61 Å². The van der Waals surface area contributed by atoms with Crippen LogP contribution in [0.2, 0.25) is 19.6 Å². The molecule has 0 aromatic heterocycles. The van der Waals surface area contributed by atoms with Gasteiger partial charge in [-0.2, -0.15) is 0 Å². The van der Waals surface area contributed by atoms with Crippen molar-refractivity contribution >= 4 is 8.32 Å².